The number of aromatic carboxylic acids is 1. The Kier molecular flexibility index (Phi) is 6.47. The summed E-state index contributed by atoms with van der Waals surface area (Å²) in [5.74, 6) is -1.46. The fourth-order valence-corrected chi connectivity index (χ4v) is 3.87. The number of halogens is 3. The molecule has 1 N–H and O–H groups in total. The normalized spacial score (nSPS) is 11.3. The van der Waals surface area contributed by atoms with Crippen molar-refractivity contribution in [1.82, 2.24) is 9.55 Å². The van der Waals surface area contributed by atoms with Gasteiger partial charge in [0.05, 0.1) is 16.2 Å². The number of hydrogen-bond donors (Lipinski definition) is 1. The van der Waals surface area contributed by atoms with Crippen LogP contribution >= 0.6 is 0 Å². The molecule has 0 saturated heterocycles. The number of carboxylic acids is 1. The summed E-state index contributed by atoms with van der Waals surface area (Å²) in [4.78, 5) is 26.5. The molecule has 36 heavy (non-hydrogen) atoms. The third-order valence-electron chi connectivity index (χ3n) is 5.48. The van der Waals surface area contributed by atoms with E-state index in [0.717, 1.165) is 17.8 Å². The van der Waals surface area contributed by atoms with Gasteiger partial charge in [0.2, 0.25) is 0 Å². The van der Waals surface area contributed by atoms with Gasteiger partial charge in [-0.05, 0) is 35.9 Å². The largest absolute Gasteiger partial charge is 0.482 e. The molecule has 0 aliphatic heterocycles. The number of pyridine rings is 1. The second-order valence-corrected chi connectivity index (χ2v) is 7.77. The van der Waals surface area contributed by atoms with E-state index in [1.54, 1.807) is 24.3 Å². The second-order valence-electron chi connectivity index (χ2n) is 7.77. The zero-order valence-corrected chi connectivity index (χ0v) is 18.7. The van der Waals surface area contributed by atoms with Gasteiger partial charge in [-0.25, -0.2) is 4.79 Å². The molecule has 2 aromatic heterocycles. The zero-order chi connectivity index (χ0) is 26.0. The molecule has 0 unspecified atom stereocenters. The van der Waals surface area contributed by atoms with E-state index >= 15 is 0 Å². The van der Waals surface area contributed by atoms with Crippen LogP contribution in [0.25, 0.3) is 22.5 Å². The highest BCUT2D eigenvalue weighted by atomic mass is 19.4. The van der Waals surface area contributed by atoms with Gasteiger partial charge in [0.1, 0.15) is 6.61 Å². The van der Waals surface area contributed by atoms with Crippen LogP contribution in [0.1, 0.15) is 21.6 Å². The molecule has 0 bridgehead atoms. The fraction of sp³-hybridized carbons (Fsp3) is 0.120. The molecule has 0 radical (unpaired) electrons. The Balaban J connectivity index is 1.81. The quantitative estimate of drug-likeness (QED) is 0.249. The first-order valence-corrected chi connectivity index (χ1v) is 10.5. The smallest absolute Gasteiger partial charge is 0.434 e. The summed E-state index contributed by atoms with van der Waals surface area (Å²) in [5.41, 5.74) is -1.49. The van der Waals surface area contributed by atoms with E-state index in [-0.39, 0.29) is 35.0 Å². The van der Waals surface area contributed by atoms with E-state index in [2.05, 4.69) is 4.98 Å². The Morgan fingerprint density at radius 3 is 2.47 bits per heavy atom. The topological polar surface area (TPSA) is 107 Å². The van der Waals surface area contributed by atoms with Gasteiger partial charge in [-0.1, -0.05) is 30.3 Å². The Hall–Kier alpha value is -4.67. The number of nitro groups is 1. The lowest BCUT2D eigenvalue weighted by atomic mass is 10.1. The van der Waals surface area contributed by atoms with Crippen LogP contribution in [0, 0.1) is 10.1 Å². The van der Waals surface area contributed by atoms with Crippen LogP contribution in [-0.4, -0.2) is 25.6 Å². The molecular formula is C25H18F3N3O5. The Bertz CT molecular complexity index is 1450. The summed E-state index contributed by atoms with van der Waals surface area (Å²) in [6, 6.07) is 16.6. The first-order valence-electron chi connectivity index (χ1n) is 10.5. The van der Waals surface area contributed by atoms with E-state index in [4.69, 9.17) is 4.74 Å². The number of benzene rings is 2. The summed E-state index contributed by atoms with van der Waals surface area (Å²) in [6.45, 7) is 0.0831. The first-order chi connectivity index (χ1) is 17.1. The van der Waals surface area contributed by atoms with E-state index in [0.29, 0.717) is 0 Å². The highest BCUT2D eigenvalue weighted by Crippen LogP contribution is 2.40. The molecule has 11 heteroatoms. The van der Waals surface area contributed by atoms with E-state index in [1.165, 1.54) is 41.9 Å². The number of rotatable bonds is 7. The lowest BCUT2D eigenvalue weighted by Crippen LogP contribution is -2.12. The van der Waals surface area contributed by atoms with Crippen molar-refractivity contribution in [1.29, 1.82) is 0 Å². The van der Waals surface area contributed by atoms with Crippen LogP contribution in [0.15, 0.2) is 72.9 Å². The van der Waals surface area contributed by atoms with Crippen LogP contribution in [0.5, 0.6) is 5.75 Å². The number of ether oxygens (including phenoxy) is 1. The molecule has 0 saturated carbocycles. The van der Waals surface area contributed by atoms with Gasteiger partial charge >= 0.3 is 17.8 Å². The molecule has 0 fully saturated rings. The molecule has 2 heterocycles. The molecule has 8 nitrogen and oxygen atoms in total. The van der Waals surface area contributed by atoms with Crippen LogP contribution in [0.4, 0.5) is 18.9 Å². The fourth-order valence-electron chi connectivity index (χ4n) is 3.87. The molecule has 0 spiro atoms. The average molecular weight is 497 g/mol. The lowest BCUT2D eigenvalue weighted by Gasteiger charge is -2.14. The minimum Gasteiger partial charge on any atom is -0.482 e. The molecule has 0 atom stereocenters. The Morgan fingerprint density at radius 2 is 1.83 bits per heavy atom. The average Bonchev–Trinajstić information content (AvgIpc) is 3.20. The van der Waals surface area contributed by atoms with E-state index in [9.17, 15) is 33.2 Å². The molecule has 4 aromatic rings. The van der Waals surface area contributed by atoms with Crippen molar-refractivity contribution >= 4 is 11.7 Å². The van der Waals surface area contributed by atoms with E-state index in [1.807, 2.05) is 6.07 Å². The maximum Gasteiger partial charge on any atom is 0.434 e. The number of alkyl halides is 3. The third-order valence-corrected chi connectivity index (χ3v) is 5.48. The predicted molar refractivity (Wildman–Crippen MR) is 123 cm³/mol. The Labute approximate surface area is 202 Å². The second kappa shape index (κ2) is 9.53. The lowest BCUT2D eigenvalue weighted by molar-refractivity contribution is -0.385. The van der Waals surface area contributed by atoms with E-state index < -0.39 is 33.9 Å². The highest BCUT2D eigenvalue weighted by Gasteiger charge is 2.37. The number of carboxylic acid groups (broad SMARTS) is 1. The third kappa shape index (κ3) is 4.76. The highest BCUT2D eigenvalue weighted by molar-refractivity contribution is 5.98. The van der Waals surface area contributed by atoms with Crippen molar-refractivity contribution in [3.8, 4) is 28.3 Å². The standard InChI is InChI=1S/C25H18F3N3O5/c1-30-19(13-18(24(32)33)22(30)17-8-5-11-29-23(17)25(26,27)28)16-9-10-21(20(12-16)31(34)35)36-14-15-6-3-2-4-7-15/h2-13H,14H2,1H3,(H,32,33). The minimum atomic E-state index is -4.83. The molecule has 0 aliphatic rings. The number of aromatic nitrogens is 2. The maximum absolute atomic E-state index is 13.6. The zero-order valence-electron chi connectivity index (χ0n) is 18.7. The van der Waals surface area contributed by atoms with Gasteiger partial charge in [-0.3, -0.25) is 15.1 Å². The van der Waals surface area contributed by atoms with Gasteiger partial charge in [-0.15, -0.1) is 0 Å². The van der Waals surface area contributed by atoms with Crippen molar-refractivity contribution < 1.29 is 32.7 Å². The van der Waals surface area contributed by atoms with Gasteiger partial charge in [0.25, 0.3) is 0 Å². The van der Waals surface area contributed by atoms with Crippen LogP contribution < -0.4 is 4.74 Å². The summed E-state index contributed by atoms with van der Waals surface area (Å²) in [7, 11) is 1.38. The number of nitrogens with zero attached hydrogens (tertiary/aromatic N) is 3. The van der Waals surface area contributed by atoms with Crippen molar-refractivity contribution in [2.75, 3.05) is 0 Å². The number of carbonyl (C=O) groups is 1. The SMILES string of the molecule is Cn1c(-c2ccc(OCc3ccccc3)c([N+](=O)[O-])c2)cc(C(=O)O)c1-c1cccnc1C(F)(F)F. The van der Waals surface area contributed by atoms with Gasteiger partial charge < -0.3 is 14.4 Å². The minimum absolute atomic E-state index is 0.00730. The summed E-state index contributed by atoms with van der Waals surface area (Å²) in [6.07, 6.45) is -3.86. The van der Waals surface area contributed by atoms with Crippen molar-refractivity contribution in [2.45, 2.75) is 12.8 Å². The maximum atomic E-state index is 13.6. The van der Waals surface area contributed by atoms with Gasteiger partial charge in [-0.2, -0.15) is 13.2 Å². The van der Waals surface area contributed by atoms with Crippen molar-refractivity contribution in [3.63, 3.8) is 0 Å². The number of hydrogen-bond acceptors (Lipinski definition) is 5. The molecule has 2 aromatic carbocycles. The van der Waals surface area contributed by atoms with Crippen LogP contribution in [-0.2, 0) is 19.8 Å². The first kappa shape index (κ1) is 24.5. The van der Waals surface area contributed by atoms with Crippen molar-refractivity contribution in [2.24, 2.45) is 7.05 Å². The molecular weight excluding hydrogens is 479 g/mol. The summed E-state index contributed by atoms with van der Waals surface area (Å²) >= 11 is 0. The summed E-state index contributed by atoms with van der Waals surface area (Å²) < 4.78 is 47.7. The van der Waals surface area contributed by atoms with Gasteiger partial charge in [0.15, 0.2) is 11.4 Å². The number of nitro benzene ring substituents is 1. The van der Waals surface area contributed by atoms with Crippen LogP contribution in [0.3, 0.4) is 0 Å². The van der Waals surface area contributed by atoms with Crippen molar-refractivity contribution in [3.05, 3.63) is 99.9 Å². The Morgan fingerprint density at radius 1 is 1.11 bits per heavy atom. The summed E-state index contributed by atoms with van der Waals surface area (Å²) in [5, 5.41) is 21.5. The van der Waals surface area contributed by atoms with Gasteiger partial charge in [0, 0.05) is 36.1 Å². The van der Waals surface area contributed by atoms with Crippen LogP contribution in [0.2, 0.25) is 0 Å². The molecule has 4 rings (SSSR count). The molecule has 0 aliphatic carbocycles. The predicted octanol–water partition coefficient (Wildman–Crippen LogP) is 5.96. The monoisotopic (exact) mass is 497 g/mol. The molecule has 0 amide bonds. The molecule has 184 valence electrons.